The minimum Gasteiger partial charge on any atom is -0.392 e. The number of aliphatic hydroxyl groups excluding tert-OH is 1. The van der Waals surface area contributed by atoms with E-state index in [9.17, 15) is 0 Å². The van der Waals surface area contributed by atoms with Crippen molar-refractivity contribution in [3.8, 4) is 0 Å². The molecule has 1 saturated heterocycles. The number of likely N-dealkylation sites (tertiary alicyclic amines) is 1. The van der Waals surface area contributed by atoms with Gasteiger partial charge in [-0.25, -0.2) is 0 Å². The van der Waals surface area contributed by atoms with Gasteiger partial charge in [-0.05, 0) is 19.4 Å². The molecular formula is C7H15NO. The zero-order valence-electron chi connectivity index (χ0n) is 6.01. The highest BCUT2D eigenvalue weighted by atomic mass is 16.3. The van der Waals surface area contributed by atoms with Gasteiger partial charge in [-0.1, -0.05) is 6.92 Å². The third kappa shape index (κ3) is 1.95. The first-order valence-electron chi connectivity index (χ1n) is 3.73. The topological polar surface area (TPSA) is 23.5 Å². The lowest BCUT2D eigenvalue weighted by molar-refractivity contribution is 0.176. The quantitative estimate of drug-likeness (QED) is 0.585. The molecule has 0 bridgehead atoms. The highest BCUT2D eigenvalue weighted by Gasteiger charge is 2.18. The minimum absolute atomic E-state index is 0.0449. The highest BCUT2D eigenvalue weighted by Crippen LogP contribution is 2.07. The third-order valence-electron chi connectivity index (χ3n) is 1.79. The SMILES string of the molecule is CCCN1CC[C@H](O)C1. The molecule has 1 aliphatic heterocycles. The molecule has 0 spiro atoms. The van der Waals surface area contributed by atoms with Crippen molar-refractivity contribution in [1.29, 1.82) is 0 Å². The van der Waals surface area contributed by atoms with E-state index < -0.39 is 0 Å². The van der Waals surface area contributed by atoms with Crippen LogP contribution in [0.3, 0.4) is 0 Å². The van der Waals surface area contributed by atoms with Crippen molar-refractivity contribution in [1.82, 2.24) is 4.90 Å². The van der Waals surface area contributed by atoms with Gasteiger partial charge in [0.15, 0.2) is 0 Å². The summed E-state index contributed by atoms with van der Waals surface area (Å²) in [5, 5.41) is 9.08. The van der Waals surface area contributed by atoms with Crippen LogP contribution in [-0.2, 0) is 0 Å². The average Bonchev–Trinajstić information content (AvgIpc) is 2.17. The van der Waals surface area contributed by atoms with Gasteiger partial charge in [0.1, 0.15) is 0 Å². The van der Waals surface area contributed by atoms with E-state index in [0.29, 0.717) is 0 Å². The zero-order valence-corrected chi connectivity index (χ0v) is 6.01. The lowest BCUT2D eigenvalue weighted by atomic mass is 10.3. The van der Waals surface area contributed by atoms with Crippen molar-refractivity contribution < 1.29 is 5.11 Å². The molecule has 54 valence electrons. The Labute approximate surface area is 56.5 Å². The van der Waals surface area contributed by atoms with Crippen molar-refractivity contribution in [3.63, 3.8) is 0 Å². The largest absolute Gasteiger partial charge is 0.392 e. The molecule has 0 aromatic rings. The van der Waals surface area contributed by atoms with E-state index in [-0.39, 0.29) is 6.10 Å². The van der Waals surface area contributed by atoms with Crippen molar-refractivity contribution in [3.05, 3.63) is 0 Å². The molecular weight excluding hydrogens is 114 g/mol. The van der Waals surface area contributed by atoms with Crippen LogP contribution in [0.4, 0.5) is 0 Å². The summed E-state index contributed by atoms with van der Waals surface area (Å²) in [5.74, 6) is 0. The monoisotopic (exact) mass is 129 g/mol. The van der Waals surface area contributed by atoms with Crippen LogP contribution in [0.1, 0.15) is 19.8 Å². The number of aliphatic hydroxyl groups is 1. The van der Waals surface area contributed by atoms with E-state index in [2.05, 4.69) is 11.8 Å². The molecule has 2 heteroatoms. The summed E-state index contributed by atoms with van der Waals surface area (Å²) in [6.45, 7) is 5.31. The molecule has 2 nitrogen and oxygen atoms in total. The summed E-state index contributed by atoms with van der Waals surface area (Å²) in [6.07, 6.45) is 2.13. The molecule has 1 fully saturated rings. The molecule has 0 aromatic carbocycles. The second kappa shape index (κ2) is 3.18. The third-order valence-corrected chi connectivity index (χ3v) is 1.79. The Kier molecular flexibility index (Phi) is 2.49. The first kappa shape index (κ1) is 7.03. The van der Waals surface area contributed by atoms with Crippen molar-refractivity contribution in [2.75, 3.05) is 19.6 Å². The van der Waals surface area contributed by atoms with Crippen molar-refractivity contribution >= 4 is 0 Å². The van der Waals surface area contributed by atoms with Crippen LogP contribution in [0.25, 0.3) is 0 Å². The molecule has 0 saturated carbocycles. The lowest BCUT2D eigenvalue weighted by Crippen LogP contribution is -2.22. The van der Waals surface area contributed by atoms with Gasteiger partial charge in [0.25, 0.3) is 0 Å². The van der Waals surface area contributed by atoms with E-state index in [0.717, 1.165) is 26.1 Å². The predicted molar refractivity (Wildman–Crippen MR) is 37.4 cm³/mol. The van der Waals surface area contributed by atoms with Gasteiger partial charge in [-0.15, -0.1) is 0 Å². The van der Waals surface area contributed by atoms with Gasteiger partial charge in [-0.2, -0.15) is 0 Å². The van der Waals surface area contributed by atoms with Crippen LogP contribution in [-0.4, -0.2) is 35.7 Å². The fraction of sp³-hybridized carbons (Fsp3) is 1.00. The summed E-state index contributed by atoms with van der Waals surface area (Å²) in [4.78, 5) is 2.31. The predicted octanol–water partition coefficient (Wildman–Crippen LogP) is 0.463. The summed E-state index contributed by atoms with van der Waals surface area (Å²) in [7, 11) is 0. The average molecular weight is 129 g/mol. The van der Waals surface area contributed by atoms with Gasteiger partial charge in [-0.3, -0.25) is 0 Å². The minimum atomic E-state index is -0.0449. The number of nitrogens with zero attached hydrogens (tertiary/aromatic N) is 1. The first-order chi connectivity index (χ1) is 4.33. The molecule has 0 aromatic heterocycles. The fourth-order valence-electron chi connectivity index (χ4n) is 1.33. The van der Waals surface area contributed by atoms with Crippen LogP contribution in [0.15, 0.2) is 0 Å². The van der Waals surface area contributed by atoms with Crippen LogP contribution in [0.5, 0.6) is 0 Å². The molecule has 9 heavy (non-hydrogen) atoms. The second-order valence-corrected chi connectivity index (χ2v) is 2.74. The van der Waals surface area contributed by atoms with Gasteiger partial charge in [0.05, 0.1) is 6.10 Å². The summed E-state index contributed by atoms with van der Waals surface area (Å²) < 4.78 is 0. The van der Waals surface area contributed by atoms with Crippen LogP contribution >= 0.6 is 0 Å². The molecule has 0 unspecified atom stereocenters. The Balaban J connectivity index is 2.14. The molecule has 1 atom stereocenters. The maximum Gasteiger partial charge on any atom is 0.0679 e. The molecule has 0 aliphatic carbocycles. The number of hydrogen-bond donors (Lipinski definition) is 1. The normalized spacial score (nSPS) is 29.3. The summed E-state index contributed by atoms with van der Waals surface area (Å²) in [5.41, 5.74) is 0. The smallest absolute Gasteiger partial charge is 0.0679 e. The highest BCUT2D eigenvalue weighted by molar-refractivity contribution is 4.73. The Morgan fingerprint density at radius 3 is 2.89 bits per heavy atom. The van der Waals surface area contributed by atoms with Gasteiger partial charge in [0.2, 0.25) is 0 Å². The van der Waals surface area contributed by atoms with Gasteiger partial charge >= 0.3 is 0 Å². The molecule has 0 radical (unpaired) electrons. The standard InChI is InChI=1S/C7H15NO/c1-2-4-8-5-3-7(9)6-8/h7,9H,2-6H2,1H3/t7-/m0/s1. The first-order valence-corrected chi connectivity index (χ1v) is 3.73. The molecule has 1 heterocycles. The summed E-state index contributed by atoms with van der Waals surface area (Å²) >= 11 is 0. The molecule has 1 rings (SSSR count). The Morgan fingerprint density at radius 2 is 2.44 bits per heavy atom. The second-order valence-electron chi connectivity index (χ2n) is 2.74. The number of hydrogen-bond acceptors (Lipinski definition) is 2. The molecule has 1 aliphatic rings. The van der Waals surface area contributed by atoms with E-state index >= 15 is 0 Å². The van der Waals surface area contributed by atoms with Crippen molar-refractivity contribution in [2.24, 2.45) is 0 Å². The number of rotatable bonds is 2. The van der Waals surface area contributed by atoms with Crippen LogP contribution in [0.2, 0.25) is 0 Å². The van der Waals surface area contributed by atoms with Crippen LogP contribution < -0.4 is 0 Å². The van der Waals surface area contributed by atoms with Crippen LogP contribution in [0, 0.1) is 0 Å². The molecule has 1 N–H and O–H groups in total. The summed E-state index contributed by atoms with van der Waals surface area (Å²) in [6, 6.07) is 0. The maximum absolute atomic E-state index is 9.08. The van der Waals surface area contributed by atoms with Gasteiger partial charge in [0, 0.05) is 13.1 Å². The van der Waals surface area contributed by atoms with Gasteiger partial charge < -0.3 is 10.0 Å². The van der Waals surface area contributed by atoms with E-state index in [4.69, 9.17) is 5.11 Å². The fourth-order valence-corrected chi connectivity index (χ4v) is 1.33. The van der Waals surface area contributed by atoms with E-state index in [1.54, 1.807) is 0 Å². The van der Waals surface area contributed by atoms with E-state index in [1.807, 2.05) is 0 Å². The molecule has 0 amide bonds. The van der Waals surface area contributed by atoms with Crippen molar-refractivity contribution in [2.45, 2.75) is 25.9 Å². The Bertz CT molecular complexity index is 83.0. The Morgan fingerprint density at radius 1 is 1.67 bits per heavy atom. The van der Waals surface area contributed by atoms with E-state index in [1.165, 1.54) is 6.42 Å². The lowest BCUT2D eigenvalue weighted by Gasteiger charge is -2.11. The zero-order chi connectivity index (χ0) is 6.69. The maximum atomic E-state index is 9.08. The Hall–Kier alpha value is -0.0800. The number of β-amino-alcohol motifs (C(OH)–C–C–N with tert-alkyl or cyclic N) is 1.